The van der Waals surface area contributed by atoms with Gasteiger partial charge in [-0.2, -0.15) is 0 Å². The van der Waals surface area contributed by atoms with E-state index in [2.05, 4.69) is 53.5 Å². The van der Waals surface area contributed by atoms with E-state index in [0.717, 1.165) is 11.5 Å². The van der Waals surface area contributed by atoms with Crippen molar-refractivity contribution in [2.24, 2.45) is 11.7 Å². The van der Waals surface area contributed by atoms with Crippen LogP contribution in [0.5, 0.6) is 0 Å². The molecule has 0 amide bonds. The average molecular weight is 354 g/mol. The van der Waals surface area contributed by atoms with Crippen molar-refractivity contribution in [1.29, 1.82) is 0 Å². The Balaban J connectivity index is -0.0000000742. The van der Waals surface area contributed by atoms with Crippen LogP contribution in [0.25, 0.3) is 0 Å². The molecular weight excluding hydrogens is 302 g/mol. The second-order valence-electron chi connectivity index (χ2n) is 5.72. The van der Waals surface area contributed by atoms with E-state index in [-0.39, 0.29) is 0 Å². The molecular formula is C24H51N. The topological polar surface area (TPSA) is 26.0 Å². The first kappa shape index (κ1) is 35.1. The van der Waals surface area contributed by atoms with Crippen LogP contribution < -0.4 is 5.73 Å². The van der Waals surface area contributed by atoms with Crippen LogP contribution in [0.3, 0.4) is 0 Å². The van der Waals surface area contributed by atoms with E-state index < -0.39 is 0 Å². The van der Waals surface area contributed by atoms with Crippen molar-refractivity contribution in [2.75, 3.05) is 7.05 Å². The summed E-state index contributed by atoms with van der Waals surface area (Å²) in [5.41, 5.74) is 5.56. The number of hydrogen-bond acceptors (Lipinski definition) is 1. The third-order valence-corrected chi connectivity index (χ3v) is 2.56. The molecule has 0 aromatic heterocycles. The molecule has 1 heteroatoms. The first-order valence-corrected chi connectivity index (χ1v) is 10.1. The van der Waals surface area contributed by atoms with E-state index in [9.17, 15) is 0 Å². The molecule has 0 unspecified atom stereocenters. The average Bonchev–Trinajstić information content (AvgIpc) is 2.61. The Labute approximate surface area is 162 Å². The van der Waals surface area contributed by atoms with Crippen LogP contribution >= 0.6 is 0 Å². The molecule has 0 radical (unpaired) electrons. The van der Waals surface area contributed by atoms with Crippen molar-refractivity contribution in [1.82, 2.24) is 0 Å². The molecule has 0 heterocycles. The van der Waals surface area contributed by atoms with Crippen LogP contribution in [-0.2, 0) is 0 Å². The lowest BCUT2D eigenvalue weighted by Crippen LogP contribution is -1.81. The zero-order valence-corrected chi connectivity index (χ0v) is 19.2. The largest absolute Gasteiger partial charge is 0.333 e. The van der Waals surface area contributed by atoms with Crippen LogP contribution in [0, 0.1) is 5.92 Å². The lowest BCUT2D eigenvalue weighted by molar-refractivity contribution is 0.576. The summed E-state index contributed by atoms with van der Waals surface area (Å²) in [5.74, 6) is 0.898. The number of hydrogen-bond donors (Lipinski definition) is 1. The lowest BCUT2D eigenvalue weighted by Gasteiger charge is -1.95. The smallest absolute Gasteiger partial charge is 0.0195 e. The maximum Gasteiger partial charge on any atom is -0.0195 e. The minimum Gasteiger partial charge on any atom is -0.333 e. The molecule has 0 fully saturated rings. The van der Waals surface area contributed by atoms with Gasteiger partial charge in [-0.15, -0.1) is 0 Å². The molecule has 2 N–H and O–H groups in total. The molecule has 0 rings (SSSR count). The lowest BCUT2D eigenvalue weighted by atomic mass is 10.1. The molecule has 0 atom stereocenters. The quantitative estimate of drug-likeness (QED) is 0.343. The highest BCUT2D eigenvalue weighted by molar-refractivity contribution is 5.18. The maximum atomic E-state index is 4.50. The molecule has 0 saturated heterocycles. The van der Waals surface area contributed by atoms with Gasteiger partial charge in [-0.1, -0.05) is 136 Å². The molecule has 0 aromatic carbocycles. The molecule has 1 nitrogen and oxygen atoms in total. The zero-order chi connectivity index (χ0) is 20.9. The van der Waals surface area contributed by atoms with Crippen molar-refractivity contribution in [3.63, 3.8) is 0 Å². The third kappa shape index (κ3) is 84.1. The van der Waals surface area contributed by atoms with Gasteiger partial charge in [-0.3, -0.25) is 0 Å². The van der Waals surface area contributed by atoms with Gasteiger partial charge in [-0.25, -0.2) is 0 Å². The molecule has 0 bridgehead atoms. The molecule has 25 heavy (non-hydrogen) atoms. The molecule has 0 aliphatic carbocycles. The van der Waals surface area contributed by atoms with Gasteiger partial charge in [0.25, 0.3) is 0 Å². The van der Waals surface area contributed by atoms with Crippen LogP contribution in [0.4, 0.5) is 0 Å². The molecule has 0 saturated carbocycles. The van der Waals surface area contributed by atoms with E-state index in [1.165, 1.54) is 45.6 Å². The fourth-order valence-corrected chi connectivity index (χ4v) is 1.44. The molecule has 0 aliphatic heterocycles. The second-order valence-corrected chi connectivity index (χ2v) is 5.72. The molecule has 152 valence electrons. The number of allylic oxidation sites excluding steroid dienone is 6. The van der Waals surface area contributed by atoms with E-state index >= 15 is 0 Å². The molecule has 0 aliphatic rings. The monoisotopic (exact) mass is 353 g/mol. The molecule has 0 aromatic rings. The predicted octanol–water partition coefficient (Wildman–Crippen LogP) is 8.49. The van der Waals surface area contributed by atoms with Gasteiger partial charge in [0, 0.05) is 0 Å². The first-order chi connectivity index (χ1) is 12.0. The normalized spacial score (nSPS) is 8.92. The van der Waals surface area contributed by atoms with Gasteiger partial charge < -0.3 is 5.73 Å². The zero-order valence-electron chi connectivity index (χ0n) is 19.2. The summed E-state index contributed by atoms with van der Waals surface area (Å²) < 4.78 is 0. The van der Waals surface area contributed by atoms with Crippen molar-refractivity contribution >= 4 is 0 Å². The number of nitrogens with two attached hydrogens (primary N) is 1. The van der Waals surface area contributed by atoms with Gasteiger partial charge in [0.05, 0.1) is 0 Å². The first-order valence-electron chi connectivity index (χ1n) is 10.1. The Kier molecular flexibility index (Phi) is 61.0. The Morgan fingerprint density at radius 1 is 0.880 bits per heavy atom. The fraction of sp³-hybridized carbons (Fsp3) is 0.667. The highest BCUT2D eigenvalue weighted by Crippen LogP contribution is 2.00. The van der Waals surface area contributed by atoms with Crippen LogP contribution in [0.1, 0.15) is 93.9 Å². The summed E-state index contributed by atoms with van der Waals surface area (Å²) in [4.78, 5) is 0. The summed E-state index contributed by atoms with van der Waals surface area (Å²) in [7, 11) is 1.50. The maximum absolute atomic E-state index is 4.50. The Morgan fingerprint density at radius 3 is 1.52 bits per heavy atom. The Morgan fingerprint density at radius 2 is 1.32 bits per heavy atom. The summed E-state index contributed by atoms with van der Waals surface area (Å²) in [6.07, 6.45) is 17.7. The SMILES string of the molecule is C=C/C=C\C=C/C(=C)C.CC.CCCC(C)C.CCCCCC.CN. The number of unbranched alkanes of at least 4 members (excludes halogenated alkanes) is 3. The Hall–Kier alpha value is -1.08. The van der Waals surface area contributed by atoms with Crippen LogP contribution in [-0.4, -0.2) is 7.05 Å². The second kappa shape index (κ2) is 43.5. The van der Waals surface area contributed by atoms with Crippen molar-refractivity contribution < 1.29 is 0 Å². The minimum absolute atomic E-state index is 0.898. The van der Waals surface area contributed by atoms with Gasteiger partial charge in [-0.05, 0) is 19.9 Å². The predicted molar refractivity (Wildman–Crippen MR) is 124 cm³/mol. The van der Waals surface area contributed by atoms with Gasteiger partial charge >= 0.3 is 0 Å². The van der Waals surface area contributed by atoms with E-state index in [0.29, 0.717) is 0 Å². The highest BCUT2D eigenvalue weighted by Gasteiger charge is 1.85. The standard InChI is InChI=1S/C9H12.2C6H14.C2H6.CH5N/c1-4-5-6-7-8-9(2)3;1-4-5-6(2)3;1-3-5-6-4-2;2*1-2/h4-8H,1-2H2,3H3;6H,4-5H2,1-3H3;3-6H2,1-2H3;1-2H3;2H2,1H3/b6-5-,8-7-;;;;. The van der Waals surface area contributed by atoms with E-state index in [1.807, 2.05) is 45.1 Å². The summed E-state index contributed by atoms with van der Waals surface area (Å²) in [6.45, 7) is 24.4. The number of rotatable bonds is 8. The summed E-state index contributed by atoms with van der Waals surface area (Å²) in [6, 6.07) is 0. The van der Waals surface area contributed by atoms with Crippen molar-refractivity contribution in [2.45, 2.75) is 93.9 Å². The van der Waals surface area contributed by atoms with Gasteiger partial charge in [0.2, 0.25) is 0 Å². The summed E-state index contributed by atoms with van der Waals surface area (Å²) >= 11 is 0. The van der Waals surface area contributed by atoms with Gasteiger partial charge in [0.1, 0.15) is 0 Å². The minimum atomic E-state index is 0.898. The van der Waals surface area contributed by atoms with Crippen molar-refractivity contribution in [3.05, 3.63) is 49.1 Å². The van der Waals surface area contributed by atoms with E-state index in [1.54, 1.807) is 6.08 Å². The van der Waals surface area contributed by atoms with E-state index in [4.69, 9.17) is 0 Å². The fourth-order valence-electron chi connectivity index (χ4n) is 1.44. The van der Waals surface area contributed by atoms with Crippen LogP contribution in [0.15, 0.2) is 49.1 Å². The van der Waals surface area contributed by atoms with Crippen molar-refractivity contribution in [3.8, 4) is 0 Å². The Bertz CT molecular complexity index is 255. The van der Waals surface area contributed by atoms with Crippen LogP contribution in [0.2, 0.25) is 0 Å². The van der Waals surface area contributed by atoms with Gasteiger partial charge in [0.15, 0.2) is 0 Å². The summed E-state index contributed by atoms with van der Waals surface area (Å²) in [5, 5.41) is 0. The molecule has 0 spiro atoms. The third-order valence-electron chi connectivity index (χ3n) is 2.56. The highest BCUT2D eigenvalue weighted by atomic mass is 14.4.